The Morgan fingerprint density at radius 3 is 2.17 bits per heavy atom. The van der Waals surface area contributed by atoms with Crippen LogP contribution in [0.1, 0.15) is 12.5 Å². The molecule has 1 aromatic carbocycles. The fraction of sp³-hybridized carbons (Fsp3) is 0.412. The highest BCUT2D eigenvalue weighted by Crippen LogP contribution is 2.31. The van der Waals surface area contributed by atoms with Crippen molar-refractivity contribution in [2.24, 2.45) is 0 Å². The predicted octanol–water partition coefficient (Wildman–Crippen LogP) is 1.82. The molecule has 0 aliphatic carbocycles. The van der Waals surface area contributed by atoms with E-state index in [2.05, 4.69) is 11.8 Å². The summed E-state index contributed by atoms with van der Waals surface area (Å²) in [4.78, 5) is 30.5. The molecule has 122 valence electrons. The standard InChI is InChI=1S/C17H20ClN3O2/c1-3-12-4-6-13(7-5-12)21-16(22)14(18)15(17(21)23)20-10-8-19(2)9-11-20/h4-7H,3,8-11H2,1-2H3. The summed E-state index contributed by atoms with van der Waals surface area (Å²) >= 11 is 6.21. The normalized spacial score (nSPS) is 20.0. The van der Waals surface area contributed by atoms with Crippen molar-refractivity contribution in [3.63, 3.8) is 0 Å². The lowest BCUT2D eigenvalue weighted by Gasteiger charge is -2.34. The largest absolute Gasteiger partial charge is 0.363 e. The van der Waals surface area contributed by atoms with Gasteiger partial charge in [0.1, 0.15) is 10.7 Å². The third-order valence-electron chi connectivity index (χ3n) is 4.43. The van der Waals surface area contributed by atoms with Gasteiger partial charge in [-0.2, -0.15) is 0 Å². The van der Waals surface area contributed by atoms with Gasteiger partial charge in [0.2, 0.25) is 0 Å². The van der Waals surface area contributed by atoms with Crippen LogP contribution in [0.4, 0.5) is 5.69 Å². The Bertz CT molecular complexity index is 661. The molecule has 2 amide bonds. The van der Waals surface area contributed by atoms with Crippen molar-refractivity contribution in [3.05, 3.63) is 40.6 Å². The van der Waals surface area contributed by atoms with E-state index in [0.717, 1.165) is 25.1 Å². The van der Waals surface area contributed by atoms with Gasteiger partial charge < -0.3 is 9.80 Å². The molecule has 2 aliphatic rings. The molecule has 1 fully saturated rings. The fourth-order valence-corrected chi connectivity index (χ4v) is 3.20. The number of piperazine rings is 1. The van der Waals surface area contributed by atoms with Crippen LogP contribution in [-0.2, 0) is 16.0 Å². The summed E-state index contributed by atoms with van der Waals surface area (Å²) in [7, 11) is 2.04. The molecule has 1 aromatic rings. The van der Waals surface area contributed by atoms with E-state index in [9.17, 15) is 9.59 Å². The van der Waals surface area contributed by atoms with Gasteiger partial charge in [-0.1, -0.05) is 30.7 Å². The summed E-state index contributed by atoms with van der Waals surface area (Å²) < 4.78 is 0. The fourth-order valence-electron chi connectivity index (χ4n) is 2.91. The van der Waals surface area contributed by atoms with E-state index < -0.39 is 5.91 Å². The van der Waals surface area contributed by atoms with Gasteiger partial charge in [0.25, 0.3) is 11.8 Å². The van der Waals surface area contributed by atoms with Crippen LogP contribution in [0.3, 0.4) is 0 Å². The molecule has 0 radical (unpaired) electrons. The molecule has 0 unspecified atom stereocenters. The Balaban J connectivity index is 1.86. The molecule has 6 heteroatoms. The van der Waals surface area contributed by atoms with Crippen LogP contribution in [0.5, 0.6) is 0 Å². The summed E-state index contributed by atoms with van der Waals surface area (Å²) in [6, 6.07) is 7.45. The minimum atomic E-state index is -0.435. The van der Waals surface area contributed by atoms with E-state index in [4.69, 9.17) is 11.6 Å². The minimum Gasteiger partial charge on any atom is -0.363 e. The number of hydrogen-bond acceptors (Lipinski definition) is 4. The van der Waals surface area contributed by atoms with Gasteiger partial charge in [0, 0.05) is 26.2 Å². The summed E-state index contributed by atoms with van der Waals surface area (Å²) in [6.45, 7) is 5.15. The van der Waals surface area contributed by atoms with E-state index in [-0.39, 0.29) is 10.9 Å². The highest BCUT2D eigenvalue weighted by atomic mass is 35.5. The molecule has 23 heavy (non-hydrogen) atoms. The number of aryl methyl sites for hydroxylation is 1. The molecule has 0 saturated carbocycles. The lowest BCUT2D eigenvalue weighted by molar-refractivity contribution is -0.121. The number of likely N-dealkylation sites (N-methyl/N-ethyl adjacent to an activating group) is 1. The molecular weight excluding hydrogens is 314 g/mol. The predicted molar refractivity (Wildman–Crippen MR) is 90.3 cm³/mol. The molecule has 2 heterocycles. The van der Waals surface area contributed by atoms with Crippen molar-refractivity contribution in [1.29, 1.82) is 0 Å². The molecule has 1 saturated heterocycles. The van der Waals surface area contributed by atoms with Crippen molar-refractivity contribution in [2.75, 3.05) is 38.1 Å². The van der Waals surface area contributed by atoms with Gasteiger partial charge >= 0.3 is 0 Å². The molecule has 0 bridgehead atoms. The first-order valence-corrected chi connectivity index (χ1v) is 8.21. The summed E-state index contributed by atoms with van der Waals surface area (Å²) in [5.41, 5.74) is 2.06. The Morgan fingerprint density at radius 1 is 1.00 bits per heavy atom. The van der Waals surface area contributed by atoms with Crippen LogP contribution in [0, 0.1) is 0 Å². The average Bonchev–Trinajstić information content (AvgIpc) is 2.78. The molecule has 2 aliphatic heterocycles. The van der Waals surface area contributed by atoms with Crippen molar-refractivity contribution in [3.8, 4) is 0 Å². The van der Waals surface area contributed by atoms with Gasteiger partial charge in [0.05, 0.1) is 5.69 Å². The number of halogens is 1. The first-order chi connectivity index (χ1) is 11.0. The number of amides is 2. The maximum absolute atomic E-state index is 12.8. The Hall–Kier alpha value is -1.85. The number of carbonyl (C=O) groups excluding carboxylic acids is 2. The number of hydrogen-bond donors (Lipinski definition) is 0. The maximum Gasteiger partial charge on any atom is 0.283 e. The lowest BCUT2D eigenvalue weighted by atomic mass is 10.1. The average molecular weight is 334 g/mol. The van der Waals surface area contributed by atoms with Gasteiger partial charge in [0.15, 0.2) is 0 Å². The van der Waals surface area contributed by atoms with Crippen LogP contribution >= 0.6 is 11.6 Å². The molecular formula is C17H20ClN3O2. The molecule has 0 atom stereocenters. The maximum atomic E-state index is 12.8. The minimum absolute atomic E-state index is 0.0270. The first kappa shape index (κ1) is 16.0. The van der Waals surface area contributed by atoms with Gasteiger partial charge in [-0.3, -0.25) is 9.59 Å². The zero-order chi connectivity index (χ0) is 16.6. The van der Waals surface area contributed by atoms with Crippen LogP contribution in [-0.4, -0.2) is 54.8 Å². The number of benzene rings is 1. The number of imide groups is 1. The van der Waals surface area contributed by atoms with Crippen molar-refractivity contribution in [1.82, 2.24) is 9.80 Å². The third kappa shape index (κ3) is 2.86. The second-order valence-electron chi connectivity index (χ2n) is 5.92. The van der Waals surface area contributed by atoms with Gasteiger partial charge in [-0.15, -0.1) is 0 Å². The number of nitrogens with zero attached hydrogens (tertiary/aromatic N) is 3. The van der Waals surface area contributed by atoms with E-state index in [0.29, 0.717) is 24.5 Å². The van der Waals surface area contributed by atoms with Gasteiger partial charge in [-0.05, 0) is 31.2 Å². The molecule has 3 rings (SSSR count). The van der Waals surface area contributed by atoms with E-state index in [1.165, 1.54) is 4.90 Å². The third-order valence-corrected chi connectivity index (χ3v) is 4.77. The second-order valence-corrected chi connectivity index (χ2v) is 6.30. The van der Waals surface area contributed by atoms with E-state index in [1.54, 1.807) is 12.1 Å². The summed E-state index contributed by atoms with van der Waals surface area (Å²) in [5.74, 6) is -0.761. The Labute approximate surface area is 141 Å². The van der Waals surface area contributed by atoms with Crippen LogP contribution in [0.25, 0.3) is 0 Å². The van der Waals surface area contributed by atoms with Crippen molar-refractivity contribution >= 4 is 29.1 Å². The molecule has 0 N–H and O–H groups in total. The number of rotatable bonds is 3. The highest BCUT2D eigenvalue weighted by molar-refractivity contribution is 6.52. The highest BCUT2D eigenvalue weighted by Gasteiger charge is 2.41. The van der Waals surface area contributed by atoms with Crippen LogP contribution in [0.15, 0.2) is 35.0 Å². The first-order valence-electron chi connectivity index (χ1n) is 7.84. The number of carbonyl (C=O) groups is 2. The molecule has 5 nitrogen and oxygen atoms in total. The topological polar surface area (TPSA) is 43.9 Å². The van der Waals surface area contributed by atoms with Crippen molar-refractivity contribution < 1.29 is 9.59 Å². The van der Waals surface area contributed by atoms with E-state index >= 15 is 0 Å². The van der Waals surface area contributed by atoms with Crippen molar-refractivity contribution in [2.45, 2.75) is 13.3 Å². The lowest BCUT2D eigenvalue weighted by Crippen LogP contribution is -2.46. The zero-order valence-corrected chi connectivity index (χ0v) is 14.1. The Kier molecular flexibility index (Phi) is 4.41. The smallest absolute Gasteiger partial charge is 0.283 e. The number of anilines is 1. The molecule has 0 spiro atoms. The van der Waals surface area contributed by atoms with Gasteiger partial charge in [-0.25, -0.2) is 4.90 Å². The second kappa shape index (κ2) is 6.34. The monoisotopic (exact) mass is 333 g/mol. The van der Waals surface area contributed by atoms with Crippen LogP contribution in [0.2, 0.25) is 0 Å². The SMILES string of the molecule is CCc1ccc(N2C(=O)C(Cl)=C(N3CCN(C)CC3)C2=O)cc1. The van der Waals surface area contributed by atoms with E-state index in [1.807, 2.05) is 24.1 Å². The Morgan fingerprint density at radius 2 is 1.61 bits per heavy atom. The quantitative estimate of drug-likeness (QED) is 0.791. The molecule has 0 aromatic heterocycles. The summed E-state index contributed by atoms with van der Waals surface area (Å²) in [6.07, 6.45) is 0.910. The summed E-state index contributed by atoms with van der Waals surface area (Å²) in [5, 5.41) is 0.0270. The van der Waals surface area contributed by atoms with Crippen LogP contribution < -0.4 is 4.90 Å². The zero-order valence-electron chi connectivity index (χ0n) is 13.4.